The van der Waals surface area contributed by atoms with E-state index in [9.17, 15) is 0 Å². The zero-order valence-corrected chi connectivity index (χ0v) is 11.9. The van der Waals surface area contributed by atoms with Crippen molar-refractivity contribution in [2.24, 2.45) is 0 Å². The molecular formula is C19H16N2. The van der Waals surface area contributed by atoms with Crippen molar-refractivity contribution in [2.45, 2.75) is 12.8 Å². The highest BCUT2D eigenvalue weighted by atomic mass is 14.9. The molecule has 2 nitrogen and oxygen atoms in total. The van der Waals surface area contributed by atoms with E-state index in [-0.39, 0.29) is 0 Å². The lowest BCUT2D eigenvalue weighted by Gasteiger charge is -2.24. The summed E-state index contributed by atoms with van der Waals surface area (Å²) >= 11 is 0. The quantitative estimate of drug-likeness (QED) is 0.688. The third-order valence-corrected chi connectivity index (χ3v) is 4.17. The van der Waals surface area contributed by atoms with Gasteiger partial charge in [-0.2, -0.15) is 0 Å². The summed E-state index contributed by atoms with van der Waals surface area (Å²) < 4.78 is 0. The van der Waals surface area contributed by atoms with Gasteiger partial charge in [0.1, 0.15) is 0 Å². The topological polar surface area (TPSA) is 24.9 Å². The summed E-state index contributed by atoms with van der Waals surface area (Å²) in [6.07, 6.45) is 2.09. The van der Waals surface area contributed by atoms with E-state index >= 15 is 0 Å². The van der Waals surface area contributed by atoms with E-state index < -0.39 is 0 Å². The van der Waals surface area contributed by atoms with Crippen LogP contribution in [0.25, 0.3) is 16.5 Å². The molecule has 1 aliphatic rings. The van der Waals surface area contributed by atoms with Crippen LogP contribution in [-0.2, 0) is 0 Å². The first-order valence-corrected chi connectivity index (χ1v) is 7.24. The molecule has 21 heavy (non-hydrogen) atoms. The Morgan fingerprint density at radius 1 is 0.905 bits per heavy atom. The van der Waals surface area contributed by atoms with E-state index in [1.165, 1.54) is 22.2 Å². The van der Waals surface area contributed by atoms with Crippen LogP contribution in [-0.4, -0.2) is 4.98 Å². The van der Waals surface area contributed by atoms with E-state index in [1.807, 2.05) is 12.1 Å². The maximum absolute atomic E-state index is 4.81. The van der Waals surface area contributed by atoms with Crippen LogP contribution in [0.5, 0.6) is 0 Å². The van der Waals surface area contributed by atoms with Gasteiger partial charge in [0.2, 0.25) is 0 Å². The molecule has 0 radical (unpaired) electrons. The maximum Gasteiger partial charge on any atom is 0.0709 e. The van der Waals surface area contributed by atoms with Crippen molar-refractivity contribution in [3.8, 4) is 0 Å². The molecule has 0 saturated carbocycles. The fraction of sp³-hybridized carbons (Fsp3) is 0.105. The number of benzene rings is 2. The van der Waals surface area contributed by atoms with E-state index in [0.717, 1.165) is 11.2 Å². The monoisotopic (exact) mass is 272 g/mol. The van der Waals surface area contributed by atoms with Gasteiger partial charge in [0, 0.05) is 28.8 Å². The van der Waals surface area contributed by atoms with Gasteiger partial charge in [0.25, 0.3) is 0 Å². The first kappa shape index (κ1) is 12.2. The van der Waals surface area contributed by atoms with E-state index in [0.29, 0.717) is 5.92 Å². The van der Waals surface area contributed by atoms with Crippen LogP contribution in [0, 0.1) is 0 Å². The summed E-state index contributed by atoms with van der Waals surface area (Å²) in [5.41, 5.74) is 5.84. The minimum absolute atomic E-state index is 0.344. The fourth-order valence-electron chi connectivity index (χ4n) is 2.98. The van der Waals surface area contributed by atoms with E-state index in [1.54, 1.807) is 0 Å². The first-order valence-electron chi connectivity index (χ1n) is 7.24. The van der Waals surface area contributed by atoms with Gasteiger partial charge in [0.15, 0.2) is 0 Å². The van der Waals surface area contributed by atoms with Crippen LogP contribution < -0.4 is 5.32 Å². The van der Waals surface area contributed by atoms with Crippen molar-refractivity contribution in [3.05, 3.63) is 78.1 Å². The van der Waals surface area contributed by atoms with Gasteiger partial charge in [0.05, 0.1) is 11.2 Å². The van der Waals surface area contributed by atoms with Gasteiger partial charge in [-0.3, -0.25) is 0 Å². The third-order valence-electron chi connectivity index (χ3n) is 4.17. The smallest absolute Gasteiger partial charge is 0.0709 e. The highest BCUT2D eigenvalue weighted by molar-refractivity contribution is 5.84. The molecule has 3 aromatic rings. The van der Waals surface area contributed by atoms with Crippen LogP contribution in [0.1, 0.15) is 24.1 Å². The molecule has 2 aromatic carbocycles. The Labute approximate surface area is 124 Å². The standard InChI is InChI=1S/C19H16N2/c1-13-15-7-3-5-9-18(15)20-12-16(13)19-11-10-14-6-2-4-8-17(14)21-19/h2-13,20H,1H3. The van der Waals surface area contributed by atoms with E-state index in [2.05, 4.69) is 67.0 Å². The molecule has 1 aliphatic heterocycles. The predicted octanol–water partition coefficient (Wildman–Crippen LogP) is 4.80. The fourth-order valence-corrected chi connectivity index (χ4v) is 2.98. The molecule has 1 aromatic heterocycles. The van der Waals surface area contributed by atoms with Gasteiger partial charge >= 0.3 is 0 Å². The molecule has 0 amide bonds. The number of fused-ring (bicyclic) bond motifs is 2. The zero-order valence-electron chi connectivity index (χ0n) is 11.9. The van der Waals surface area contributed by atoms with Crippen molar-refractivity contribution >= 4 is 22.2 Å². The second-order valence-electron chi connectivity index (χ2n) is 5.44. The Morgan fingerprint density at radius 2 is 1.71 bits per heavy atom. The van der Waals surface area contributed by atoms with Gasteiger partial charge in [-0.05, 0) is 23.8 Å². The van der Waals surface area contributed by atoms with Crippen LogP contribution in [0.3, 0.4) is 0 Å². The normalized spacial score (nSPS) is 17.0. The number of pyridine rings is 1. The lowest BCUT2D eigenvalue weighted by Crippen LogP contribution is -2.10. The molecular weight excluding hydrogens is 256 g/mol. The Hall–Kier alpha value is -2.61. The number of hydrogen-bond donors (Lipinski definition) is 1. The molecule has 0 saturated heterocycles. The van der Waals surface area contributed by atoms with Crippen LogP contribution >= 0.6 is 0 Å². The minimum atomic E-state index is 0.344. The number of hydrogen-bond acceptors (Lipinski definition) is 2. The highest BCUT2D eigenvalue weighted by Crippen LogP contribution is 2.38. The molecule has 1 N–H and O–H groups in total. The molecule has 102 valence electrons. The molecule has 0 aliphatic carbocycles. The molecule has 0 bridgehead atoms. The Bertz CT molecular complexity index is 849. The number of nitrogens with zero attached hydrogens (tertiary/aromatic N) is 1. The lowest BCUT2D eigenvalue weighted by atomic mass is 9.87. The SMILES string of the molecule is CC1C(c2ccc3ccccc3n2)=CNc2ccccc21. The molecule has 2 heteroatoms. The number of para-hydroxylation sites is 2. The van der Waals surface area contributed by atoms with Crippen LogP contribution in [0.15, 0.2) is 66.9 Å². The second-order valence-corrected chi connectivity index (χ2v) is 5.44. The lowest BCUT2D eigenvalue weighted by molar-refractivity contribution is 0.967. The molecule has 0 fully saturated rings. The van der Waals surface area contributed by atoms with Crippen LogP contribution in [0.4, 0.5) is 5.69 Å². The summed E-state index contributed by atoms with van der Waals surface area (Å²) in [4.78, 5) is 4.81. The van der Waals surface area contributed by atoms with Gasteiger partial charge in [-0.15, -0.1) is 0 Å². The van der Waals surface area contributed by atoms with Gasteiger partial charge < -0.3 is 5.32 Å². The van der Waals surface area contributed by atoms with Crippen molar-refractivity contribution in [1.82, 2.24) is 4.98 Å². The molecule has 0 spiro atoms. The third kappa shape index (κ3) is 2.00. The average molecular weight is 272 g/mol. The number of rotatable bonds is 1. The van der Waals surface area contributed by atoms with Crippen molar-refractivity contribution in [2.75, 3.05) is 5.32 Å². The number of nitrogens with one attached hydrogen (secondary N) is 1. The Morgan fingerprint density at radius 3 is 2.67 bits per heavy atom. The van der Waals surface area contributed by atoms with Crippen LogP contribution in [0.2, 0.25) is 0 Å². The summed E-state index contributed by atoms with van der Waals surface area (Å²) in [7, 11) is 0. The summed E-state index contributed by atoms with van der Waals surface area (Å²) in [5.74, 6) is 0.344. The Balaban J connectivity index is 1.81. The molecule has 2 heterocycles. The largest absolute Gasteiger partial charge is 0.361 e. The molecule has 1 atom stereocenters. The summed E-state index contributed by atoms with van der Waals surface area (Å²) in [6, 6.07) is 20.9. The maximum atomic E-state index is 4.81. The predicted molar refractivity (Wildman–Crippen MR) is 88.2 cm³/mol. The summed E-state index contributed by atoms with van der Waals surface area (Å²) in [6.45, 7) is 2.24. The number of anilines is 1. The average Bonchev–Trinajstić information content (AvgIpc) is 2.55. The summed E-state index contributed by atoms with van der Waals surface area (Å²) in [5, 5.41) is 4.57. The highest BCUT2D eigenvalue weighted by Gasteiger charge is 2.21. The van der Waals surface area contributed by atoms with Crippen molar-refractivity contribution < 1.29 is 0 Å². The number of aromatic nitrogens is 1. The van der Waals surface area contributed by atoms with E-state index in [4.69, 9.17) is 4.98 Å². The molecule has 4 rings (SSSR count). The van der Waals surface area contributed by atoms with Crippen molar-refractivity contribution in [3.63, 3.8) is 0 Å². The Kier molecular flexibility index (Phi) is 2.74. The molecule has 1 unspecified atom stereocenters. The number of allylic oxidation sites excluding steroid dienone is 1. The van der Waals surface area contributed by atoms with Gasteiger partial charge in [-0.1, -0.05) is 49.4 Å². The van der Waals surface area contributed by atoms with Crippen molar-refractivity contribution in [1.29, 1.82) is 0 Å². The van der Waals surface area contributed by atoms with Gasteiger partial charge in [-0.25, -0.2) is 4.98 Å². The zero-order chi connectivity index (χ0) is 14.2. The first-order chi connectivity index (χ1) is 10.3. The minimum Gasteiger partial charge on any atom is -0.361 e. The second kappa shape index (κ2) is 4.74.